The number of aliphatic hydroxyl groups excluding tert-OH is 1. The molecule has 1 aromatic rings. The molecule has 19 heavy (non-hydrogen) atoms. The van der Waals surface area contributed by atoms with Gasteiger partial charge in [0.05, 0.1) is 0 Å². The lowest BCUT2D eigenvalue weighted by atomic mass is 9.83. The molecule has 1 aliphatic heterocycles. The number of rotatable bonds is 7. The fourth-order valence-corrected chi connectivity index (χ4v) is 2.65. The molecule has 0 radical (unpaired) electrons. The third-order valence-electron chi connectivity index (χ3n) is 4.42. The van der Waals surface area contributed by atoms with Gasteiger partial charge in [-0.15, -0.1) is 0 Å². The van der Waals surface area contributed by atoms with Crippen LogP contribution in [0.4, 0.5) is 0 Å². The van der Waals surface area contributed by atoms with Crippen molar-refractivity contribution in [1.82, 2.24) is 5.32 Å². The molecule has 2 N–H and O–H groups in total. The van der Waals surface area contributed by atoms with Crippen molar-refractivity contribution in [2.24, 2.45) is 5.41 Å². The second-order valence-electron chi connectivity index (χ2n) is 5.55. The largest absolute Gasteiger partial charge is 0.488 e. The highest BCUT2D eigenvalue weighted by molar-refractivity contribution is 5.37. The summed E-state index contributed by atoms with van der Waals surface area (Å²) in [6.07, 6.45) is 3.20. The second kappa shape index (κ2) is 6.40. The summed E-state index contributed by atoms with van der Waals surface area (Å²) < 4.78 is 5.90. The minimum atomic E-state index is 0.0193. The molecule has 0 saturated heterocycles. The predicted octanol–water partition coefficient (Wildman–Crippen LogP) is 2.38. The van der Waals surface area contributed by atoms with Gasteiger partial charge in [0.25, 0.3) is 0 Å². The van der Waals surface area contributed by atoms with Crippen LogP contribution in [-0.4, -0.2) is 30.9 Å². The van der Waals surface area contributed by atoms with Crippen LogP contribution < -0.4 is 10.1 Å². The molecule has 1 heterocycles. The highest BCUT2D eigenvalue weighted by Crippen LogP contribution is 2.28. The van der Waals surface area contributed by atoms with Gasteiger partial charge in [-0.1, -0.05) is 32.0 Å². The van der Waals surface area contributed by atoms with Crippen molar-refractivity contribution < 1.29 is 9.84 Å². The van der Waals surface area contributed by atoms with Crippen LogP contribution >= 0.6 is 0 Å². The third kappa shape index (κ3) is 3.28. The van der Waals surface area contributed by atoms with Gasteiger partial charge < -0.3 is 15.2 Å². The van der Waals surface area contributed by atoms with Crippen molar-refractivity contribution in [1.29, 1.82) is 0 Å². The van der Waals surface area contributed by atoms with Crippen molar-refractivity contribution in [3.05, 3.63) is 29.8 Å². The lowest BCUT2D eigenvalue weighted by molar-refractivity contribution is 0.108. The van der Waals surface area contributed by atoms with E-state index in [1.54, 1.807) is 0 Å². The van der Waals surface area contributed by atoms with Crippen LogP contribution in [-0.2, 0) is 6.42 Å². The fourth-order valence-electron chi connectivity index (χ4n) is 2.65. The number of hydrogen-bond donors (Lipinski definition) is 2. The van der Waals surface area contributed by atoms with Crippen molar-refractivity contribution in [2.75, 3.05) is 19.7 Å². The number of para-hydroxylation sites is 1. The van der Waals surface area contributed by atoms with E-state index in [1.807, 2.05) is 12.1 Å². The monoisotopic (exact) mass is 263 g/mol. The Morgan fingerprint density at radius 3 is 2.68 bits per heavy atom. The topological polar surface area (TPSA) is 41.5 Å². The Hall–Kier alpha value is -1.06. The number of benzene rings is 1. The molecule has 106 valence electrons. The van der Waals surface area contributed by atoms with E-state index in [-0.39, 0.29) is 18.1 Å². The van der Waals surface area contributed by atoms with Crippen molar-refractivity contribution in [2.45, 2.75) is 39.2 Å². The molecule has 0 bridgehead atoms. The highest BCUT2D eigenvalue weighted by Gasteiger charge is 2.26. The summed E-state index contributed by atoms with van der Waals surface area (Å²) in [7, 11) is 0. The van der Waals surface area contributed by atoms with Crippen molar-refractivity contribution in [3.63, 3.8) is 0 Å². The summed E-state index contributed by atoms with van der Waals surface area (Å²) in [5, 5.41) is 13.0. The van der Waals surface area contributed by atoms with Gasteiger partial charge in [-0.3, -0.25) is 0 Å². The maximum atomic E-state index is 9.54. The van der Waals surface area contributed by atoms with Crippen LogP contribution in [0.25, 0.3) is 0 Å². The highest BCUT2D eigenvalue weighted by atomic mass is 16.5. The zero-order valence-electron chi connectivity index (χ0n) is 12.0. The Morgan fingerprint density at radius 1 is 1.32 bits per heavy atom. The van der Waals surface area contributed by atoms with E-state index in [4.69, 9.17) is 4.74 Å². The second-order valence-corrected chi connectivity index (χ2v) is 5.55. The Labute approximate surface area is 116 Å². The molecule has 1 atom stereocenters. The Balaban J connectivity index is 1.79. The summed E-state index contributed by atoms with van der Waals surface area (Å²) in [5.41, 5.74) is 1.32. The first-order chi connectivity index (χ1) is 9.23. The quantitative estimate of drug-likeness (QED) is 0.793. The molecule has 0 fully saturated rings. The summed E-state index contributed by atoms with van der Waals surface area (Å²) in [4.78, 5) is 0. The van der Waals surface area contributed by atoms with E-state index in [9.17, 15) is 5.11 Å². The average Bonchev–Trinajstić information content (AvgIpc) is 2.87. The molecule has 1 aromatic carbocycles. The molecule has 1 unspecified atom stereocenters. The fraction of sp³-hybridized carbons (Fsp3) is 0.625. The molecule has 3 heteroatoms. The molecule has 0 spiro atoms. The lowest BCUT2D eigenvalue weighted by Gasteiger charge is -2.30. The van der Waals surface area contributed by atoms with E-state index in [1.165, 1.54) is 5.56 Å². The Bertz CT molecular complexity index is 368. The number of fused-ring (bicyclic) bond motifs is 1. The molecule has 0 saturated carbocycles. The summed E-state index contributed by atoms with van der Waals surface area (Å²) in [6, 6.07) is 8.24. The molecule has 0 aliphatic carbocycles. The summed E-state index contributed by atoms with van der Waals surface area (Å²) in [5.74, 6) is 1.02. The van der Waals surface area contributed by atoms with Gasteiger partial charge in [-0.05, 0) is 24.5 Å². The lowest BCUT2D eigenvalue weighted by Crippen LogP contribution is -2.40. The summed E-state index contributed by atoms with van der Waals surface area (Å²) >= 11 is 0. The first-order valence-corrected chi connectivity index (χ1v) is 7.29. The van der Waals surface area contributed by atoms with Gasteiger partial charge in [0.15, 0.2) is 0 Å². The molecule has 0 aromatic heterocycles. The van der Waals surface area contributed by atoms with Gasteiger partial charge in [0, 0.05) is 31.5 Å². The maximum absolute atomic E-state index is 9.54. The van der Waals surface area contributed by atoms with Crippen LogP contribution in [0.15, 0.2) is 24.3 Å². The number of aliphatic hydroxyl groups is 1. The van der Waals surface area contributed by atoms with Crippen LogP contribution in [0.3, 0.4) is 0 Å². The van der Waals surface area contributed by atoms with Crippen molar-refractivity contribution >= 4 is 0 Å². The molecule has 3 nitrogen and oxygen atoms in total. The zero-order chi connectivity index (χ0) is 13.7. The molecule has 1 aliphatic rings. The molecule has 2 rings (SSSR count). The van der Waals surface area contributed by atoms with Gasteiger partial charge in [-0.2, -0.15) is 0 Å². The predicted molar refractivity (Wildman–Crippen MR) is 77.5 cm³/mol. The van der Waals surface area contributed by atoms with E-state index < -0.39 is 0 Å². The molecular formula is C16H25NO2. The van der Waals surface area contributed by atoms with Gasteiger partial charge in [0.1, 0.15) is 11.9 Å². The van der Waals surface area contributed by atoms with Crippen LogP contribution in [0, 0.1) is 5.41 Å². The van der Waals surface area contributed by atoms with E-state index in [2.05, 4.69) is 31.3 Å². The maximum Gasteiger partial charge on any atom is 0.123 e. The van der Waals surface area contributed by atoms with E-state index >= 15 is 0 Å². The summed E-state index contributed by atoms with van der Waals surface area (Å²) in [6.45, 7) is 6.23. The first kappa shape index (κ1) is 14.4. The normalized spacial score (nSPS) is 18.2. The minimum absolute atomic E-state index is 0.0193. The Morgan fingerprint density at radius 2 is 2.05 bits per heavy atom. The van der Waals surface area contributed by atoms with Gasteiger partial charge >= 0.3 is 0 Å². The van der Waals surface area contributed by atoms with E-state index in [0.29, 0.717) is 0 Å². The zero-order valence-corrected chi connectivity index (χ0v) is 12.0. The molecular weight excluding hydrogens is 238 g/mol. The van der Waals surface area contributed by atoms with Crippen LogP contribution in [0.5, 0.6) is 5.75 Å². The standard InChI is InChI=1S/C16H25NO2/c1-3-16(4-2,12-18)11-17-10-14-9-13-7-5-6-8-15(13)19-14/h5-8,14,17-18H,3-4,9-12H2,1-2H3. The average molecular weight is 263 g/mol. The minimum Gasteiger partial charge on any atom is -0.488 e. The smallest absolute Gasteiger partial charge is 0.123 e. The first-order valence-electron chi connectivity index (χ1n) is 7.29. The van der Waals surface area contributed by atoms with Crippen molar-refractivity contribution in [3.8, 4) is 5.75 Å². The third-order valence-corrected chi connectivity index (χ3v) is 4.42. The van der Waals surface area contributed by atoms with Gasteiger partial charge in [-0.25, -0.2) is 0 Å². The van der Waals surface area contributed by atoms with Crippen LogP contribution in [0.2, 0.25) is 0 Å². The van der Waals surface area contributed by atoms with E-state index in [0.717, 1.165) is 38.1 Å². The SMILES string of the molecule is CCC(CC)(CO)CNCC1Cc2ccccc2O1. The van der Waals surface area contributed by atoms with Gasteiger partial charge in [0.2, 0.25) is 0 Å². The number of nitrogens with one attached hydrogen (secondary N) is 1. The number of ether oxygens (including phenoxy) is 1. The molecule has 0 amide bonds. The van der Waals surface area contributed by atoms with Crippen LogP contribution in [0.1, 0.15) is 32.3 Å². The Kier molecular flexibility index (Phi) is 4.83. The number of hydrogen-bond acceptors (Lipinski definition) is 3.